The highest BCUT2D eigenvalue weighted by Crippen LogP contribution is 2.39. The highest BCUT2D eigenvalue weighted by atomic mass is 19.4. The van der Waals surface area contributed by atoms with Crippen LogP contribution in [0.25, 0.3) is 11.1 Å². The summed E-state index contributed by atoms with van der Waals surface area (Å²) >= 11 is 0. The molecule has 0 fully saturated rings. The van der Waals surface area contributed by atoms with Crippen molar-refractivity contribution < 1.29 is 50.3 Å². The van der Waals surface area contributed by atoms with Gasteiger partial charge in [-0.3, -0.25) is 14.4 Å². The van der Waals surface area contributed by atoms with Gasteiger partial charge in [-0.05, 0) is 47.7 Å². The summed E-state index contributed by atoms with van der Waals surface area (Å²) in [5.41, 5.74) is -1.47. The summed E-state index contributed by atoms with van der Waals surface area (Å²) in [6, 6.07) is 14.1. The minimum Gasteiger partial charge on any atom is -0.386 e. The molecule has 1 heterocycles. The predicted octanol–water partition coefficient (Wildman–Crippen LogP) is 5.35. The normalized spacial score (nSPS) is 12.1. The van der Waals surface area contributed by atoms with E-state index in [0.717, 1.165) is 12.1 Å². The topological polar surface area (TPSA) is 126 Å². The number of anilines is 1. The molecule has 0 aliphatic carbocycles. The number of carbonyl (C=O) groups is 4. The van der Waals surface area contributed by atoms with E-state index in [0.29, 0.717) is 31.3 Å². The van der Waals surface area contributed by atoms with E-state index in [4.69, 9.17) is 0 Å². The molecule has 9 nitrogen and oxygen atoms in total. The molecule has 0 saturated carbocycles. The van der Waals surface area contributed by atoms with Crippen LogP contribution in [0.15, 0.2) is 72.9 Å². The number of halogens is 6. The monoisotopic (exact) mass is 638 g/mol. The molecule has 0 aliphatic rings. The maximum Gasteiger partial charge on any atom is 0.491 e. The Balaban J connectivity index is 1.68. The van der Waals surface area contributed by atoms with Crippen LogP contribution in [0.5, 0.6) is 0 Å². The summed E-state index contributed by atoms with van der Waals surface area (Å²) in [6.07, 6.45) is -8.82. The Labute approximate surface area is 253 Å². The zero-order valence-corrected chi connectivity index (χ0v) is 23.5. The molecule has 0 aliphatic heterocycles. The van der Waals surface area contributed by atoms with Gasteiger partial charge in [-0.15, -0.1) is 0 Å². The minimum absolute atomic E-state index is 0.0440. The van der Waals surface area contributed by atoms with Crippen LogP contribution in [0.1, 0.15) is 42.9 Å². The molecule has 3 N–H and O–H groups in total. The number of nitrogens with zero attached hydrogens (tertiary/aromatic N) is 1. The quantitative estimate of drug-likeness (QED) is 0.0998. The van der Waals surface area contributed by atoms with E-state index >= 15 is 0 Å². The summed E-state index contributed by atoms with van der Waals surface area (Å²) in [7, 11) is 0. The van der Waals surface area contributed by atoms with Crippen molar-refractivity contribution in [3.63, 3.8) is 0 Å². The highest BCUT2D eigenvalue weighted by molar-refractivity contribution is 5.89. The average molecular weight is 639 g/mol. The first-order chi connectivity index (χ1) is 21.2. The van der Waals surface area contributed by atoms with E-state index in [-0.39, 0.29) is 23.1 Å². The highest BCUT2D eigenvalue weighted by Gasteiger charge is 2.43. The molecule has 3 aromatic rings. The van der Waals surface area contributed by atoms with Gasteiger partial charge in [-0.2, -0.15) is 26.3 Å². The lowest BCUT2D eigenvalue weighted by Gasteiger charge is -2.21. The fraction of sp³-hybridized carbons (Fsp3) is 0.300. The molecule has 240 valence electrons. The summed E-state index contributed by atoms with van der Waals surface area (Å²) < 4.78 is 83.7. The summed E-state index contributed by atoms with van der Waals surface area (Å²) in [6.45, 7) is -0.116. The van der Waals surface area contributed by atoms with Gasteiger partial charge < -0.3 is 20.7 Å². The number of rotatable bonds is 13. The third kappa shape index (κ3) is 11.2. The Morgan fingerprint density at radius 3 is 2.20 bits per heavy atom. The van der Waals surface area contributed by atoms with Crippen LogP contribution in [-0.4, -0.2) is 48.0 Å². The molecule has 45 heavy (non-hydrogen) atoms. The van der Waals surface area contributed by atoms with E-state index in [1.807, 2.05) is 0 Å². The first kappa shape index (κ1) is 34.5. The van der Waals surface area contributed by atoms with Crippen molar-refractivity contribution in [3.05, 3.63) is 84.1 Å². The first-order valence-electron chi connectivity index (χ1n) is 13.5. The van der Waals surface area contributed by atoms with Crippen LogP contribution in [0, 0.1) is 0 Å². The fourth-order valence-corrected chi connectivity index (χ4v) is 4.11. The number of benzene rings is 2. The van der Waals surface area contributed by atoms with Gasteiger partial charge in [-0.25, -0.2) is 9.78 Å². The van der Waals surface area contributed by atoms with Gasteiger partial charge in [0.25, 0.3) is 0 Å². The maximum atomic E-state index is 14.0. The second kappa shape index (κ2) is 15.7. The van der Waals surface area contributed by atoms with Gasteiger partial charge >= 0.3 is 24.3 Å². The Morgan fingerprint density at radius 2 is 1.56 bits per heavy atom. The molecule has 0 bridgehead atoms. The van der Waals surface area contributed by atoms with Crippen molar-refractivity contribution in [2.75, 3.05) is 18.4 Å². The third-order valence-electron chi connectivity index (χ3n) is 6.23. The van der Waals surface area contributed by atoms with Crippen LogP contribution >= 0.6 is 0 Å². The first-order valence-corrected chi connectivity index (χ1v) is 13.5. The number of alkyl halides is 6. The molecule has 2 amide bonds. The van der Waals surface area contributed by atoms with Crippen molar-refractivity contribution in [1.29, 1.82) is 0 Å². The van der Waals surface area contributed by atoms with Gasteiger partial charge in [0.2, 0.25) is 11.8 Å². The van der Waals surface area contributed by atoms with Gasteiger partial charge in [0.05, 0.1) is 24.6 Å². The number of unbranched alkanes of at least 4 members (excludes halogenated alkanes) is 1. The van der Waals surface area contributed by atoms with Crippen LogP contribution in [0.4, 0.5) is 32.2 Å². The van der Waals surface area contributed by atoms with Crippen molar-refractivity contribution in [1.82, 2.24) is 15.6 Å². The molecular formula is C30H28F6N4O5. The zero-order chi connectivity index (χ0) is 33.0. The van der Waals surface area contributed by atoms with Crippen molar-refractivity contribution in [2.24, 2.45) is 0 Å². The summed E-state index contributed by atoms with van der Waals surface area (Å²) in [5.74, 6) is -5.37. The van der Waals surface area contributed by atoms with E-state index < -0.39 is 60.7 Å². The van der Waals surface area contributed by atoms with E-state index in [9.17, 15) is 45.5 Å². The number of ether oxygens (including phenoxy) is 1. The largest absolute Gasteiger partial charge is 0.491 e. The Hall–Kier alpha value is -4.95. The smallest absolute Gasteiger partial charge is 0.386 e. The van der Waals surface area contributed by atoms with Gasteiger partial charge in [0, 0.05) is 19.2 Å². The second-order valence-corrected chi connectivity index (χ2v) is 9.63. The van der Waals surface area contributed by atoms with Gasteiger partial charge in [-0.1, -0.05) is 48.5 Å². The number of hydrogen-bond donors (Lipinski definition) is 3. The molecule has 1 atom stereocenters. The van der Waals surface area contributed by atoms with Crippen molar-refractivity contribution in [2.45, 2.75) is 44.1 Å². The summed E-state index contributed by atoms with van der Waals surface area (Å²) in [5, 5.41) is 7.64. The standard InChI is InChI=1S/C30H28F6N4O5/c31-29(32,33)22-16-20(12-13-21(22)19-8-2-1-3-9-19)23(17-27(43)45-28(44)30(34,35)36)40-26(42)18-39-25(41)11-5-7-15-38-24-10-4-6-14-37-24/h1-4,6,8-10,12-14,16,23H,5,7,11,15,17-18H2,(H,37,38)(H,39,41)(H,40,42). The van der Waals surface area contributed by atoms with E-state index in [2.05, 4.69) is 25.7 Å². The lowest BCUT2D eigenvalue weighted by Crippen LogP contribution is -2.39. The van der Waals surface area contributed by atoms with Crippen molar-refractivity contribution in [3.8, 4) is 11.1 Å². The number of esters is 2. The molecular weight excluding hydrogens is 610 g/mol. The minimum atomic E-state index is -5.51. The molecule has 1 aromatic heterocycles. The maximum absolute atomic E-state index is 14.0. The van der Waals surface area contributed by atoms with Crippen molar-refractivity contribution >= 4 is 29.6 Å². The molecule has 1 unspecified atom stereocenters. The number of amides is 2. The molecule has 0 radical (unpaired) electrons. The predicted molar refractivity (Wildman–Crippen MR) is 149 cm³/mol. The van der Waals surface area contributed by atoms with Crippen LogP contribution in [0.2, 0.25) is 0 Å². The molecule has 3 rings (SSSR count). The van der Waals surface area contributed by atoms with Crippen LogP contribution < -0.4 is 16.0 Å². The summed E-state index contributed by atoms with van der Waals surface area (Å²) in [4.78, 5) is 52.2. The van der Waals surface area contributed by atoms with Crippen LogP contribution in [0.3, 0.4) is 0 Å². The molecule has 0 saturated heterocycles. The number of pyridine rings is 1. The third-order valence-corrected chi connectivity index (χ3v) is 6.23. The number of aromatic nitrogens is 1. The lowest BCUT2D eigenvalue weighted by molar-refractivity contribution is -0.202. The molecule has 15 heteroatoms. The second-order valence-electron chi connectivity index (χ2n) is 9.63. The van der Waals surface area contributed by atoms with E-state index in [1.54, 1.807) is 30.5 Å². The number of nitrogens with one attached hydrogen (secondary N) is 3. The van der Waals surface area contributed by atoms with Gasteiger partial charge in [0.15, 0.2) is 0 Å². The lowest BCUT2D eigenvalue weighted by atomic mass is 9.93. The zero-order valence-electron chi connectivity index (χ0n) is 23.5. The molecule has 0 spiro atoms. The number of hydrogen-bond acceptors (Lipinski definition) is 7. The SMILES string of the molecule is O=C(CCCCNc1ccccn1)NCC(=O)NC(CC(=O)OC(=O)C(F)(F)F)c1ccc(-c2ccccc2)c(C(F)(F)F)c1. The Kier molecular flexibility index (Phi) is 12.0. The average Bonchev–Trinajstić information content (AvgIpc) is 2.99. The number of carbonyl (C=O) groups excluding carboxylic acids is 4. The Morgan fingerprint density at radius 1 is 0.844 bits per heavy atom. The van der Waals surface area contributed by atoms with Gasteiger partial charge in [0.1, 0.15) is 5.82 Å². The Bertz CT molecular complexity index is 1470. The molecule has 2 aromatic carbocycles. The van der Waals surface area contributed by atoms with Crippen LogP contribution in [-0.2, 0) is 30.1 Å². The van der Waals surface area contributed by atoms with E-state index in [1.165, 1.54) is 24.3 Å². The fourth-order valence-electron chi connectivity index (χ4n) is 4.11.